The summed E-state index contributed by atoms with van der Waals surface area (Å²) in [5.74, 6) is -4.65. The van der Waals surface area contributed by atoms with Crippen LogP contribution < -0.4 is 11.1 Å². The van der Waals surface area contributed by atoms with Crippen LogP contribution in [0.2, 0.25) is 0 Å². The first-order valence-corrected chi connectivity index (χ1v) is 12.2. The fourth-order valence-corrected chi connectivity index (χ4v) is 5.74. The number of rotatable bonds is 10. The molecule has 1 fully saturated rings. The molecule has 2 atom stereocenters. The Kier molecular flexibility index (Phi) is 10.8. The number of thioether (sulfide) groups is 2. The summed E-state index contributed by atoms with van der Waals surface area (Å²) in [4.78, 5) is 69.4. The second-order valence-corrected chi connectivity index (χ2v) is 9.56. The molecule has 0 aromatic carbocycles. The van der Waals surface area contributed by atoms with Crippen LogP contribution in [0.5, 0.6) is 0 Å². The first-order valence-electron chi connectivity index (χ1n) is 9.40. The van der Waals surface area contributed by atoms with E-state index in [0.29, 0.717) is 4.91 Å². The van der Waals surface area contributed by atoms with Gasteiger partial charge in [0.1, 0.15) is 22.8 Å². The van der Waals surface area contributed by atoms with Gasteiger partial charge in [-0.3, -0.25) is 14.5 Å². The van der Waals surface area contributed by atoms with E-state index in [-0.39, 0.29) is 51.8 Å². The minimum absolute atomic E-state index is 0. The quantitative estimate of drug-likeness (QED) is 0.0668. The summed E-state index contributed by atoms with van der Waals surface area (Å²) >= 11 is 3.18. The minimum atomic E-state index is -1.34. The number of aromatic nitrogens is 1. The summed E-state index contributed by atoms with van der Waals surface area (Å²) in [6, 6.07) is -1.08. The Balaban J connectivity index is 0.00000456. The second-order valence-electron chi connectivity index (χ2n) is 6.56. The van der Waals surface area contributed by atoms with Crippen molar-refractivity contribution in [2.75, 3.05) is 25.2 Å². The average Bonchev–Trinajstić information content (AvgIpc) is 3.24. The van der Waals surface area contributed by atoms with Crippen molar-refractivity contribution in [2.24, 2.45) is 5.16 Å². The Morgan fingerprint density at radius 1 is 1.39 bits per heavy atom. The summed E-state index contributed by atoms with van der Waals surface area (Å²) in [7, 11) is 1.20. The molecule has 1 aromatic heterocycles. The number of carboxylic acid groups (broad SMARTS) is 2. The molecule has 0 unspecified atom stereocenters. The molecule has 0 aliphatic carbocycles. The Hall–Kier alpha value is -2.57. The molecule has 188 valence electrons. The number of nitrogen functional groups attached to an aromatic ring is 1. The third kappa shape index (κ3) is 6.80. The Morgan fingerprint density at radius 2 is 2.11 bits per heavy atom. The zero-order chi connectivity index (χ0) is 25.7. The summed E-state index contributed by atoms with van der Waals surface area (Å²) < 4.78 is 4.48. The zero-order valence-corrected chi connectivity index (χ0v) is 20.1. The second kappa shape index (κ2) is 13.1. The van der Waals surface area contributed by atoms with Crippen LogP contribution in [-0.2, 0) is 33.5 Å². The van der Waals surface area contributed by atoms with E-state index in [0.717, 1.165) is 34.1 Å². The molecule has 5 N–H and O–H groups in total. The number of carboxylic acids is 2. The van der Waals surface area contributed by atoms with Crippen LogP contribution in [0.3, 0.4) is 0 Å². The normalized spacial score (nSPS) is 19.2. The van der Waals surface area contributed by atoms with Crippen molar-refractivity contribution in [3.05, 3.63) is 33.2 Å². The van der Waals surface area contributed by atoms with Gasteiger partial charge in [0.25, 0.3) is 11.8 Å². The Morgan fingerprint density at radius 3 is 2.69 bits per heavy atom. The molecular formula is C18H18N5NaO9S3. The maximum atomic E-state index is 12.9. The molecule has 2 aliphatic heterocycles. The Bertz CT molecular complexity index is 1170. The summed E-state index contributed by atoms with van der Waals surface area (Å²) in [5, 5.41) is 26.5. The number of nitrogens with one attached hydrogen (secondary N) is 1. The molecule has 1 saturated heterocycles. The zero-order valence-electron chi connectivity index (χ0n) is 17.7. The van der Waals surface area contributed by atoms with Crippen molar-refractivity contribution in [2.45, 2.75) is 11.4 Å². The van der Waals surface area contributed by atoms with Gasteiger partial charge in [0.05, 0.1) is 7.11 Å². The molecule has 36 heavy (non-hydrogen) atoms. The van der Waals surface area contributed by atoms with E-state index in [1.54, 1.807) is 0 Å². The predicted octanol–water partition coefficient (Wildman–Crippen LogP) is -1.00. The first kappa shape index (κ1) is 29.7. The molecule has 0 radical (unpaired) electrons. The van der Waals surface area contributed by atoms with E-state index in [1.165, 1.54) is 29.7 Å². The van der Waals surface area contributed by atoms with Crippen molar-refractivity contribution < 1.29 is 43.8 Å². The molecule has 2 amide bonds. The van der Waals surface area contributed by atoms with Crippen LogP contribution >= 0.6 is 34.9 Å². The van der Waals surface area contributed by atoms with Gasteiger partial charge in [-0.05, 0) is 5.41 Å². The molecule has 0 spiro atoms. The fourth-order valence-electron chi connectivity index (χ4n) is 2.88. The van der Waals surface area contributed by atoms with Crippen LogP contribution in [-0.4, -0.2) is 116 Å². The monoisotopic (exact) mass is 567 g/mol. The van der Waals surface area contributed by atoms with Gasteiger partial charge >= 0.3 is 47.5 Å². The van der Waals surface area contributed by atoms with Gasteiger partial charge in [0, 0.05) is 22.1 Å². The number of nitrogens with two attached hydrogens (primary N) is 1. The van der Waals surface area contributed by atoms with Crippen molar-refractivity contribution >= 4 is 105 Å². The SMILES string of the molecule is COC(=O)/C=C\SC1=C(C(=O)O)N2C(=O)[C@@H](NC(=O)/C(=N\OCC(=O)O)c3csc(N)n3)[C@H]2SC1.[NaH]. The van der Waals surface area contributed by atoms with Crippen LogP contribution in [0.15, 0.2) is 32.6 Å². The number of nitrogens with zero attached hydrogens (tertiary/aromatic N) is 3. The van der Waals surface area contributed by atoms with E-state index in [1.807, 2.05) is 0 Å². The van der Waals surface area contributed by atoms with E-state index in [2.05, 4.69) is 25.0 Å². The molecule has 2 aliphatic rings. The van der Waals surface area contributed by atoms with E-state index < -0.39 is 53.5 Å². The molecule has 18 heteroatoms. The van der Waals surface area contributed by atoms with E-state index in [9.17, 15) is 29.1 Å². The standard InChI is InChI=1S/C18H17N5O9S3.Na.H/c1-31-10(26)2-3-33-8-6-34-16-12(15(28)23(16)13(8)17(29)30)21-14(27)11(22-32-4-9(24)25)7-5-35-18(19)20-7;;/h2-3,5,12,16H,4,6H2,1H3,(H2,19,20)(H,21,27)(H,24,25)(H,29,30);;/b3-2-,22-11-;;/t12-,16-;;/m1../s1. The van der Waals surface area contributed by atoms with Crippen molar-refractivity contribution in [3.63, 3.8) is 0 Å². The Labute approximate surface area is 237 Å². The number of amides is 2. The molecule has 0 bridgehead atoms. The number of methoxy groups -OCH3 is 1. The van der Waals surface area contributed by atoms with Crippen LogP contribution in [0, 0.1) is 0 Å². The number of thiazole rings is 1. The predicted molar refractivity (Wildman–Crippen MR) is 132 cm³/mol. The topological polar surface area (TPSA) is 211 Å². The number of carbonyl (C=O) groups is 5. The van der Waals surface area contributed by atoms with Gasteiger partial charge in [0.15, 0.2) is 10.8 Å². The molecule has 14 nitrogen and oxygen atoms in total. The molecular weight excluding hydrogens is 549 g/mol. The van der Waals surface area contributed by atoms with Crippen LogP contribution in [0.4, 0.5) is 5.13 Å². The summed E-state index contributed by atoms with van der Waals surface area (Å²) in [5.41, 5.74) is 4.94. The third-order valence-corrected chi connectivity index (χ3v) is 7.39. The van der Waals surface area contributed by atoms with E-state index >= 15 is 0 Å². The van der Waals surface area contributed by atoms with Gasteiger partial charge < -0.3 is 30.8 Å². The van der Waals surface area contributed by atoms with Gasteiger partial charge in [-0.2, -0.15) is 0 Å². The van der Waals surface area contributed by atoms with Crippen molar-refractivity contribution in [1.82, 2.24) is 15.2 Å². The van der Waals surface area contributed by atoms with Gasteiger partial charge in [0.2, 0.25) is 6.61 Å². The summed E-state index contributed by atoms with van der Waals surface area (Å²) in [6.07, 6.45) is 1.12. The first-order chi connectivity index (χ1) is 16.6. The number of carbonyl (C=O) groups excluding carboxylic acids is 3. The number of hydrogen-bond acceptors (Lipinski definition) is 13. The fraction of sp³-hybridized carbons (Fsp3) is 0.278. The number of hydrogen-bond donors (Lipinski definition) is 4. The maximum absolute atomic E-state index is 12.9. The number of oxime groups is 1. The van der Waals surface area contributed by atoms with Gasteiger partial charge in [-0.1, -0.05) is 16.9 Å². The summed E-state index contributed by atoms with van der Waals surface area (Å²) in [6.45, 7) is -0.817. The number of fused-ring (bicyclic) bond motifs is 1. The number of aliphatic carboxylic acids is 2. The number of esters is 1. The molecule has 3 rings (SSSR count). The van der Waals surface area contributed by atoms with Crippen LogP contribution in [0.25, 0.3) is 0 Å². The van der Waals surface area contributed by atoms with Crippen LogP contribution in [0.1, 0.15) is 5.69 Å². The molecule has 3 heterocycles. The van der Waals surface area contributed by atoms with Crippen molar-refractivity contribution in [3.8, 4) is 0 Å². The van der Waals surface area contributed by atoms with E-state index in [4.69, 9.17) is 10.8 Å². The number of anilines is 1. The number of ether oxygens (including phenoxy) is 1. The number of β-lactam (4-membered cyclic amide) rings is 1. The average molecular weight is 568 g/mol. The van der Waals surface area contributed by atoms with Crippen molar-refractivity contribution in [1.29, 1.82) is 0 Å². The molecule has 1 aromatic rings. The third-order valence-electron chi connectivity index (χ3n) is 4.36. The molecule has 0 saturated carbocycles. The van der Waals surface area contributed by atoms with Gasteiger partial charge in [-0.15, -0.1) is 23.1 Å². The van der Waals surface area contributed by atoms with Gasteiger partial charge in [-0.25, -0.2) is 19.4 Å².